The predicted octanol–water partition coefficient (Wildman–Crippen LogP) is 0.743. The van der Waals surface area contributed by atoms with Gasteiger partial charge in [-0.3, -0.25) is 4.79 Å². The zero-order valence-electron chi connectivity index (χ0n) is 9.78. The number of hydrogen-bond acceptors (Lipinski definition) is 4. The number of hydrogen-bond donors (Lipinski definition) is 3. The number of rotatable bonds is 2. The minimum Gasteiger partial charge on any atom is -0.507 e. The number of oxime groups is 1. The Morgan fingerprint density at radius 2 is 2.17 bits per heavy atom. The second-order valence-corrected chi connectivity index (χ2v) is 4.20. The van der Waals surface area contributed by atoms with Crippen LogP contribution in [0.15, 0.2) is 29.4 Å². The smallest absolute Gasteiger partial charge is 0.258 e. The molecule has 1 amide bonds. The van der Waals surface area contributed by atoms with Crippen LogP contribution in [-0.4, -0.2) is 39.5 Å². The van der Waals surface area contributed by atoms with E-state index in [1.54, 1.807) is 18.2 Å². The number of amides is 1. The average molecular weight is 249 g/mol. The molecule has 0 bridgehead atoms. The molecule has 96 valence electrons. The van der Waals surface area contributed by atoms with Gasteiger partial charge >= 0.3 is 0 Å². The molecule has 4 N–H and O–H groups in total. The van der Waals surface area contributed by atoms with E-state index in [2.05, 4.69) is 5.16 Å². The maximum Gasteiger partial charge on any atom is 0.258 e. The lowest BCUT2D eigenvalue weighted by Crippen LogP contribution is -2.43. The number of phenolic OH excluding ortho intramolecular Hbond substituents is 1. The quantitative estimate of drug-likeness (QED) is 0.311. The molecule has 1 fully saturated rings. The number of nitrogens with zero attached hydrogens (tertiary/aromatic N) is 2. The second-order valence-electron chi connectivity index (χ2n) is 4.20. The summed E-state index contributed by atoms with van der Waals surface area (Å²) in [5.41, 5.74) is 5.80. The molecular weight excluding hydrogens is 234 g/mol. The van der Waals surface area contributed by atoms with Crippen molar-refractivity contribution < 1.29 is 15.1 Å². The minimum atomic E-state index is -0.401. The van der Waals surface area contributed by atoms with E-state index in [0.717, 1.165) is 6.42 Å². The highest BCUT2D eigenvalue weighted by Gasteiger charge is 2.33. The molecule has 0 aromatic heterocycles. The molecular formula is C12H15N3O3. The highest BCUT2D eigenvalue weighted by atomic mass is 16.4. The largest absolute Gasteiger partial charge is 0.507 e. The molecule has 6 heteroatoms. The van der Waals surface area contributed by atoms with Gasteiger partial charge in [-0.1, -0.05) is 17.3 Å². The number of nitrogens with two attached hydrogens (primary N) is 1. The molecule has 1 aromatic rings. The fourth-order valence-corrected chi connectivity index (χ4v) is 2.19. The van der Waals surface area contributed by atoms with Crippen LogP contribution >= 0.6 is 0 Å². The molecule has 0 saturated carbocycles. The van der Waals surface area contributed by atoms with Gasteiger partial charge in [-0.25, -0.2) is 0 Å². The van der Waals surface area contributed by atoms with Crippen LogP contribution in [0.25, 0.3) is 0 Å². The van der Waals surface area contributed by atoms with Crippen LogP contribution in [0.5, 0.6) is 5.75 Å². The van der Waals surface area contributed by atoms with Gasteiger partial charge in [0.05, 0.1) is 11.6 Å². The number of carbonyl (C=O) groups excluding carboxylic acids is 1. The summed E-state index contributed by atoms with van der Waals surface area (Å²) >= 11 is 0. The molecule has 0 aliphatic carbocycles. The van der Waals surface area contributed by atoms with Crippen LogP contribution in [0.4, 0.5) is 0 Å². The molecule has 6 nitrogen and oxygen atoms in total. The molecule has 0 radical (unpaired) electrons. The topological polar surface area (TPSA) is 99.2 Å². The van der Waals surface area contributed by atoms with E-state index in [1.807, 2.05) is 0 Å². The molecule has 2 rings (SSSR count). The van der Waals surface area contributed by atoms with Gasteiger partial charge in [0, 0.05) is 6.54 Å². The van der Waals surface area contributed by atoms with E-state index in [9.17, 15) is 9.90 Å². The van der Waals surface area contributed by atoms with Gasteiger partial charge in [-0.2, -0.15) is 0 Å². The first kappa shape index (κ1) is 12.2. The van der Waals surface area contributed by atoms with Crippen LogP contribution in [0, 0.1) is 0 Å². The Bertz CT molecular complexity index is 487. The Hall–Kier alpha value is -2.24. The van der Waals surface area contributed by atoms with Crippen LogP contribution in [0.2, 0.25) is 0 Å². The first-order valence-corrected chi connectivity index (χ1v) is 5.71. The van der Waals surface area contributed by atoms with Gasteiger partial charge in [0.15, 0.2) is 5.84 Å². The Kier molecular flexibility index (Phi) is 3.36. The van der Waals surface area contributed by atoms with Crippen molar-refractivity contribution in [3.05, 3.63) is 29.8 Å². The van der Waals surface area contributed by atoms with Crippen molar-refractivity contribution in [1.29, 1.82) is 0 Å². The maximum absolute atomic E-state index is 12.3. The van der Waals surface area contributed by atoms with Crippen molar-refractivity contribution in [2.24, 2.45) is 10.9 Å². The number of benzene rings is 1. The molecule has 0 spiro atoms. The van der Waals surface area contributed by atoms with E-state index >= 15 is 0 Å². The van der Waals surface area contributed by atoms with Gasteiger partial charge < -0.3 is 20.9 Å². The molecule has 1 aromatic carbocycles. The molecule has 1 atom stereocenters. The molecule has 1 aliphatic heterocycles. The summed E-state index contributed by atoms with van der Waals surface area (Å²) in [7, 11) is 0. The Labute approximate surface area is 104 Å². The van der Waals surface area contributed by atoms with Gasteiger partial charge in [-0.15, -0.1) is 0 Å². The van der Waals surface area contributed by atoms with Gasteiger partial charge in [-0.05, 0) is 25.0 Å². The lowest BCUT2D eigenvalue weighted by Gasteiger charge is -2.23. The minimum absolute atomic E-state index is 0.0243. The Morgan fingerprint density at radius 3 is 2.83 bits per heavy atom. The summed E-state index contributed by atoms with van der Waals surface area (Å²) in [5.74, 6) is -0.342. The first-order chi connectivity index (χ1) is 8.65. The van der Waals surface area contributed by atoms with Crippen LogP contribution in [0.1, 0.15) is 23.2 Å². The first-order valence-electron chi connectivity index (χ1n) is 5.71. The number of likely N-dealkylation sites (tertiary alicyclic amines) is 1. The van der Waals surface area contributed by atoms with Crippen molar-refractivity contribution in [3.63, 3.8) is 0 Å². The van der Waals surface area contributed by atoms with Crippen LogP contribution in [0.3, 0.4) is 0 Å². The zero-order chi connectivity index (χ0) is 13.1. The molecule has 1 unspecified atom stereocenters. The van der Waals surface area contributed by atoms with Crippen LogP contribution in [-0.2, 0) is 0 Å². The second kappa shape index (κ2) is 4.95. The van der Waals surface area contributed by atoms with Gasteiger partial charge in [0.2, 0.25) is 0 Å². The molecule has 18 heavy (non-hydrogen) atoms. The third-order valence-corrected chi connectivity index (χ3v) is 3.10. The van der Waals surface area contributed by atoms with E-state index in [1.165, 1.54) is 11.0 Å². The summed E-state index contributed by atoms with van der Waals surface area (Å²) in [4.78, 5) is 13.8. The molecule has 1 heterocycles. The fraction of sp³-hybridized carbons (Fsp3) is 0.333. The summed E-state index contributed by atoms with van der Waals surface area (Å²) in [5, 5.41) is 21.3. The standard InChI is InChI=1S/C12H15N3O3/c13-11(14-18)9-5-3-7-15(9)12(17)8-4-1-2-6-10(8)16/h1-2,4,6,9,16,18H,3,5,7H2,(H2,13,14). The summed E-state index contributed by atoms with van der Waals surface area (Å²) in [6.45, 7) is 0.536. The zero-order valence-corrected chi connectivity index (χ0v) is 9.78. The van der Waals surface area contributed by atoms with E-state index in [0.29, 0.717) is 13.0 Å². The van der Waals surface area contributed by atoms with E-state index in [-0.39, 0.29) is 23.1 Å². The van der Waals surface area contributed by atoms with Gasteiger partial charge in [0.1, 0.15) is 5.75 Å². The Balaban J connectivity index is 2.26. The van der Waals surface area contributed by atoms with E-state index in [4.69, 9.17) is 10.9 Å². The highest BCUT2D eigenvalue weighted by molar-refractivity contribution is 6.00. The van der Waals surface area contributed by atoms with Crippen LogP contribution < -0.4 is 5.73 Å². The fourth-order valence-electron chi connectivity index (χ4n) is 2.19. The monoisotopic (exact) mass is 249 g/mol. The van der Waals surface area contributed by atoms with Crippen molar-refractivity contribution in [2.75, 3.05) is 6.54 Å². The molecule has 1 aliphatic rings. The normalized spacial score (nSPS) is 20.1. The Morgan fingerprint density at radius 1 is 1.44 bits per heavy atom. The summed E-state index contributed by atoms with van der Waals surface area (Å²) < 4.78 is 0. The summed E-state index contributed by atoms with van der Waals surface area (Å²) in [6.07, 6.45) is 1.45. The average Bonchev–Trinajstić information content (AvgIpc) is 2.86. The predicted molar refractivity (Wildman–Crippen MR) is 65.6 cm³/mol. The van der Waals surface area contributed by atoms with Crippen molar-refractivity contribution in [2.45, 2.75) is 18.9 Å². The SMILES string of the molecule is NC(=NO)C1CCCN1C(=O)c1ccccc1O. The third kappa shape index (κ3) is 2.09. The van der Waals surface area contributed by atoms with Crippen molar-refractivity contribution in [1.82, 2.24) is 4.90 Å². The lowest BCUT2D eigenvalue weighted by molar-refractivity contribution is 0.0765. The van der Waals surface area contributed by atoms with E-state index < -0.39 is 6.04 Å². The van der Waals surface area contributed by atoms with Gasteiger partial charge in [0.25, 0.3) is 5.91 Å². The van der Waals surface area contributed by atoms with Crippen molar-refractivity contribution in [3.8, 4) is 5.75 Å². The number of aromatic hydroxyl groups is 1. The number of para-hydroxylation sites is 1. The third-order valence-electron chi connectivity index (χ3n) is 3.10. The highest BCUT2D eigenvalue weighted by Crippen LogP contribution is 2.24. The lowest BCUT2D eigenvalue weighted by atomic mass is 10.1. The number of amidine groups is 1. The van der Waals surface area contributed by atoms with Crippen molar-refractivity contribution >= 4 is 11.7 Å². The number of phenols is 1. The number of carbonyl (C=O) groups is 1. The summed E-state index contributed by atoms with van der Waals surface area (Å²) in [6, 6.07) is 5.95. The molecule has 1 saturated heterocycles. The maximum atomic E-state index is 12.3.